The number of imidazole rings is 1. The highest BCUT2D eigenvalue weighted by atomic mass is 35.5. The largest absolute Gasteiger partial charge is 0.480 e. The van der Waals surface area contributed by atoms with Crippen LogP contribution in [0.3, 0.4) is 0 Å². The Kier molecular flexibility index (Phi) is 3.70. The summed E-state index contributed by atoms with van der Waals surface area (Å²) in [6.45, 7) is 2.75. The predicted octanol–water partition coefficient (Wildman–Crippen LogP) is 2.16. The standard InChI is InChI=1S/C12H14ClN7O/c1-2-3-4-5-20-9-8(10-16-18-19-17-10)7(13)6-14-11(9)15-12(20)21/h6H,2-5H2,1H3,(H,14,15,21)(H,16,17,18,19). The smallest absolute Gasteiger partial charge is 0.296 e. The van der Waals surface area contributed by atoms with Crippen molar-refractivity contribution < 1.29 is 5.11 Å². The van der Waals surface area contributed by atoms with E-state index in [1.807, 2.05) is 0 Å². The SMILES string of the molecule is CCCCCn1c(O)nc2ncc(Cl)c(-c3nn[nH]n3)c21. The van der Waals surface area contributed by atoms with E-state index in [-0.39, 0.29) is 6.01 Å². The Hall–Kier alpha value is -2.22. The lowest BCUT2D eigenvalue weighted by Crippen LogP contribution is -2.00. The highest BCUT2D eigenvalue weighted by molar-refractivity contribution is 6.34. The molecule has 0 amide bonds. The first-order valence-corrected chi connectivity index (χ1v) is 7.07. The fraction of sp³-hybridized carbons (Fsp3) is 0.417. The molecule has 3 aromatic rings. The van der Waals surface area contributed by atoms with Crippen LogP contribution in [0.2, 0.25) is 5.02 Å². The monoisotopic (exact) mass is 307 g/mol. The molecule has 0 aliphatic heterocycles. The van der Waals surface area contributed by atoms with Crippen LogP contribution in [0.25, 0.3) is 22.6 Å². The van der Waals surface area contributed by atoms with Gasteiger partial charge in [-0.15, -0.1) is 10.2 Å². The highest BCUT2D eigenvalue weighted by Gasteiger charge is 2.20. The van der Waals surface area contributed by atoms with Crippen LogP contribution >= 0.6 is 11.6 Å². The number of H-pyrrole nitrogens is 1. The maximum atomic E-state index is 10.1. The minimum Gasteiger partial charge on any atom is -0.480 e. The number of hydrogen-bond donors (Lipinski definition) is 2. The minimum absolute atomic E-state index is 0.0828. The first-order valence-electron chi connectivity index (χ1n) is 6.70. The van der Waals surface area contributed by atoms with Gasteiger partial charge in [-0.1, -0.05) is 31.4 Å². The van der Waals surface area contributed by atoms with Gasteiger partial charge in [-0.3, -0.25) is 4.57 Å². The van der Waals surface area contributed by atoms with Gasteiger partial charge in [-0.05, 0) is 11.6 Å². The summed E-state index contributed by atoms with van der Waals surface area (Å²) in [5.74, 6) is 0.351. The number of aromatic nitrogens is 7. The second kappa shape index (κ2) is 5.65. The van der Waals surface area contributed by atoms with E-state index in [4.69, 9.17) is 11.6 Å². The van der Waals surface area contributed by atoms with E-state index in [9.17, 15) is 5.11 Å². The number of rotatable bonds is 5. The Labute approximate surface area is 125 Å². The zero-order valence-corrected chi connectivity index (χ0v) is 12.2. The van der Waals surface area contributed by atoms with Crippen molar-refractivity contribution in [3.05, 3.63) is 11.2 Å². The zero-order valence-electron chi connectivity index (χ0n) is 11.4. The number of nitrogens with one attached hydrogen (secondary N) is 1. The summed E-state index contributed by atoms with van der Waals surface area (Å²) in [4.78, 5) is 8.22. The average Bonchev–Trinajstić information content (AvgIpc) is 3.08. The van der Waals surface area contributed by atoms with Gasteiger partial charge in [-0.2, -0.15) is 10.2 Å². The van der Waals surface area contributed by atoms with Crippen molar-refractivity contribution in [3.63, 3.8) is 0 Å². The zero-order chi connectivity index (χ0) is 14.8. The molecule has 3 heterocycles. The predicted molar refractivity (Wildman–Crippen MR) is 76.9 cm³/mol. The van der Waals surface area contributed by atoms with Crippen LogP contribution in [0.4, 0.5) is 0 Å². The summed E-state index contributed by atoms with van der Waals surface area (Å²) in [7, 11) is 0. The van der Waals surface area contributed by atoms with Crippen LogP contribution in [0.15, 0.2) is 6.20 Å². The van der Waals surface area contributed by atoms with E-state index in [1.165, 1.54) is 6.20 Å². The number of hydrogen-bond acceptors (Lipinski definition) is 6. The van der Waals surface area contributed by atoms with Gasteiger partial charge >= 0.3 is 0 Å². The lowest BCUT2D eigenvalue weighted by atomic mass is 10.2. The molecule has 0 fully saturated rings. The molecule has 0 saturated carbocycles. The second-order valence-corrected chi connectivity index (χ2v) is 5.07. The van der Waals surface area contributed by atoms with Crippen molar-refractivity contribution in [3.8, 4) is 17.4 Å². The van der Waals surface area contributed by atoms with E-state index < -0.39 is 0 Å². The molecular formula is C12H14ClN7O. The van der Waals surface area contributed by atoms with Gasteiger partial charge in [0.05, 0.1) is 10.6 Å². The Balaban J connectivity index is 2.18. The van der Waals surface area contributed by atoms with Crippen molar-refractivity contribution in [2.75, 3.05) is 0 Å². The molecule has 2 N–H and O–H groups in total. The number of unbranched alkanes of at least 4 members (excludes halogenated alkanes) is 2. The van der Waals surface area contributed by atoms with Crippen molar-refractivity contribution in [1.82, 2.24) is 35.2 Å². The molecule has 0 atom stereocenters. The maximum absolute atomic E-state index is 10.1. The number of nitrogens with zero attached hydrogens (tertiary/aromatic N) is 6. The fourth-order valence-electron chi connectivity index (χ4n) is 2.27. The summed E-state index contributed by atoms with van der Waals surface area (Å²) in [6, 6.07) is -0.0828. The number of halogens is 1. The lowest BCUT2D eigenvalue weighted by molar-refractivity contribution is 0.397. The minimum atomic E-state index is -0.0828. The molecule has 3 aromatic heterocycles. The molecule has 8 nitrogen and oxygen atoms in total. The van der Waals surface area contributed by atoms with Gasteiger partial charge in [0.2, 0.25) is 5.82 Å². The summed E-state index contributed by atoms with van der Waals surface area (Å²) in [5.41, 5.74) is 1.60. The van der Waals surface area contributed by atoms with Gasteiger partial charge in [0.15, 0.2) is 5.65 Å². The van der Waals surface area contributed by atoms with Crippen LogP contribution in [-0.2, 0) is 6.54 Å². The quantitative estimate of drug-likeness (QED) is 0.700. The number of fused-ring (bicyclic) bond motifs is 1. The van der Waals surface area contributed by atoms with E-state index in [2.05, 4.69) is 37.5 Å². The van der Waals surface area contributed by atoms with Gasteiger partial charge in [0.25, 0.3) is 6.01 Å². The molecule has 0 unspecified atom stereocenters. The number of aryl methyl sites for hydroxylation is 1. The Morgan fingerprint density at radius 2 is 2.24 bits per heavy atom. The molecule has 0 aliphatic rings. The normalized spacial score (nSPS) is 11.3. The van der Waals surface area contributed by atoms with Crippen molar-refractivity contribution in [1.29, 1.82) is 0 Å². The molecular weight excluding hydrogens is 294 g/mol. The third kappa shape index (κ3) is 2.42. The molecule has 0 bridgehead atoms. The number of pyridine rings is 1. The lowest BCUT2D eigenvalue weighted by Gasteiger charge is -2.07. The highest BCUT2D eigenvalue weighted by Crippen LogP contribution is 2.33. The topological polar surface area (TPSA) is 105 Å². The maximum Gasteiger partial charge on any atom is 0.296 e. The van der Waals surface area contributed by atoms with Gasteiger partial charge < -0.3 is 5.11 Å². The van der Waals surface area contributed by atoms with Crippen molar-refractivity contribution in [2.24, 2.45) is 0 Å². The van der Waals surface area contributed by atoms with Crippen molar-refractivity contribution >= 4 is 22.8 Å². The Bertz CT molecular complexity index is 753. The molecule has 3 rings (SSSR count). The van der Waals surface area contributed by atoms with Crippen LogP contribution in [-0.4, -0.2) is 40.3 Å². The van der Waals surface area contributed by atoms with Crippen LogP contribution < -0.4 is 0 Å². The molecule has 9 heteroatoms. The fourth-order valence-corrected chi connectivity index (χ4v) is 2.50. The number of aromatic hydroxyl groups is 1. The van der Waals surface area contributed by atoms with E-state index in [0.717, 1.165) is 19.3 Å². The molecule has 0 radical (unpaired) electrons. The van der Waals surface area contributed by atoms with Crippen LogP contribution in [0.5, 0.6) is 6.01 Å². The molecule has 0 spiro atoms. The molecule has 21 heavy (non-hydrogen) atoms. The Morgan fingerprint density at radius 1 is 1.38 bits per heavy atom. The van der Waals surface area contributed by atoms with E-state index in [0.29, 0.717) is 34.1 Å². The van der Waals surface area contributed by atoms with Crippen molar-refractivity contribution in [2.45, 2.75) is 32.7 Å². The van der Waals surface area contributed by atoms with E-state index >= 15 is 0 Å². The third-order valence-electron chi connectivity index (χ3n) is 3.26. The summed E-state index contributed by atoms with van der Waals surface area (Å²) in [6.07, 6.45) is 4.54. The molecule has 110 valence electrons. The number of aromatic amines is 1. The first kappa shape index (κ1) is 13.7. The summed E-state index contributed by atoms with van der Waals surface area (Å²) >= 11 is 6.23. The molecule has 0 aliphatic carbocycles. The summed E-state index contributed by atoms with van der Waals surface area (Å²) < 4.78 is 1.69. The summed E-state index contributed by atoms with van der Waals surface area (Å²) in [5, 5.41) is 24.3. The first-order chi connectivity index (χ1) is 10.2. The van der Waals surface area contributed by atoms with E-state index in [1.54, 1.807) is 4.57 Å². The van der Waals surface area contributed by atoms with Crippen LogP contribution in [0.1, 0.15) is 26.2 Å². The molecule has 0 saturated heterocycles. The van der Waals surface area contributed by atoms with Gasteiger partial charge in [-0.25, -0.2) is 4.98 Å². The second-order valence-electron chi connectivity index (χ2n) is 4.66. The molecule has 0 aromatic carbocycles. The third-order valence-corrected chi connectivity index (χ3v) is 3.55. The van der Waals surface area contributed by atoms with Gasteiger partial charge in [0, 0.05) is 12.7 Å². The Morgan fingerprint density at radius 3 is 2.95 bits per heavy atom. The van der Waals surface area contributed by atoms with Gasteiger partial charge in [0.1, 0.15) is 5.52 Å². The van der Waals surface area contributed by atoms with Crippen LogP contribution in [0, 0.1) is 0 Å². The number of tetrazole rings is 1. The average molecular weight is 308 g/mol.